The first-order valence-electron chi connectivity index (χ1n) is 9.68. The van der Waals surface area contributed by atoms with Crippen LogP contribution >= 0.6 is 11.3 Å². The maximum atomic E-state index is 12.8. The molecular weight excluding hydrogens is 348 g/mol. The highest BCUT2D eigenvalue weighted by Gasteiger charge is 2.39. The number of hydrogen-bond donors (Lipinski definition) is 2. The summed E-state index contributed by atoms with van der Waals surface area (Å²) >= 11 is 1.62. The zero-order chi connectivity index (χ0) is 18.3. The molecule has 2 N–H and O–H groups in total. The molecule has 2 aromatic rings. The van der Waals surface area contributed by atoms with Gasteiger partial charge >= 0.3 is 5.63 Å². The molecule has 0 radical (unpaired) electrons. The fourth-order valence-corrected chi connectivity index (χ4v) is 5.44. The highest BCUT2D eigenvalue weighted by Crippen LogP contribution is 2.50. The molecule has 2 heterocycles. The van der Waals surface area contributed by atoms with Crippen molar-refractivity contribution < 1.29 is 14.6 Å². The van der Waals surface area contributed by atoms with Crippen molar-refractivity contribution in [3.8, 4) is 5.75 Å². The van der Waals surface area contributed by atoms with Crippen molar-refractivity contribution in [2.45, 2.75) is 70.8 Å². The predicted octanol–water partition coefficient (Wildman–Crippen LogP) is 4.41. The molecule has 0 bridgehead atoms. The quantitative estimate of drug-likeness (QED) is 0.832. The number of rotatable bonds is 4. The molecule has 1 fully saturated rings. The van der Waals surface area contributed by atoms with Crippen molar-refractivity contribution in [3.63, 3.8) is 0 Å². The van der Waals surface area contributed by atoms with Crippen molar-refractivity contribution >= 4 is 11.3 Å². The first kappa shape index (κ1) is 17.8. The number of hydrogen-bond acceptors (Lipinski definition) is 5. The molecule has 0 aliphatic heterocycles. The van der Waals surface area contributed by atoms with Crippen LogP contribution < -0.4 is 5.63 Å². The third-order valence-corrected chi connectivity index (χ3v) is 6.99. The molecule has 4 rings (SSSR count). The summed E-state index contributed by atoms with van der Waals surface area (Å²) < 4.78 is 5.73. The Morgan fingerprint density at radius 1 is 1.23 bits per heavy atom. The van der Waals surface area contributed by atoms with Crippen molar-refractivity contribution in [3.05, 3.63) is 48.7 Å². The van der Waals surface area contributed by atoms with Crippen LogP contribution in [0.15, 0.2) is 15.3 Å². The fourth-order valence-electron chi connectivity index (χ4n) is 4.19. The van der Waals surface area contributed by atoms with E-state index in [2.05, 4.69) is 0 Å². The van der Waals surface area contributed by atoms with Crippen LogP contribution in [0.25, 0.3) is 0 Å². The molecule has 0 aromatic carbocycles. The van der Waals surface area contributed by atoms with E-state index in [4.69, 9.17) is 4.42 Å². The lowest BCUT2D eigenvalue weighted by Crippen LogP contribution is -2.18. The van der Waals surface area contributed by atoms with Crippen LogP contribution in [0.2, 0.25) is 0 Å². The van der Waals surface area contributed by atoms with Crippen LogP contribution in [0, 0.1) is 12.8 Å². The van der Waals surface area contributed by atoms with Gasteiger partial charge in [-0.3, -0.25) is 0 Å². The van der Waals surface area contributed by atoms with E-state index in [1.807, 2.05) is 13.0 Å². The maximum absolute atomic E-state index is 12.8. The number of aryl methyl sites for hydroxylation is 2. The van der Waals surface area contributed by atoms with Gasteiger partial charge in [0.25, 0.3) is 0 Å². The molecule has 0 saturated heterocycles. The molecule has 0 amide bonds. The minimum absolute atomic E-state index is 0.00446. The van der Waals surface area contributed by atoms with Crippen LogP contribution in [-0.2, 0) is 19.4 Å². The van der Waals surface area contributed by atoms with Gasteiger partial charge in [-0.05, 0) is 56.6 Å². The lowest BCUT2D eigenvalue weighted by molar-refractivity contribution is 0.281. The smallest absolute Gasteiger partial charge is 0.343 e. The molecule has 0 spiro atoms. The molecule has 2 aromatic heterocycles. The molecule has 140 valence electrons. The molecule has 4 nitrogen and oxygen atoms in total. The molecule has 5 heteroatoms. The summed E-state index contributed by atoms with van der Waals surface area (Å²) in [5.41, 5.74) is 1.82. The monoisotopic (exact) mass is 374 g/mol. The van der Waals surface area contributed by atoms with Gasteiger partial charge in [0.05, 0.1) is 12.2 Å². The molecular formula is C21H26O4S. The van der Waals surface area contributed by atoms with E-state index < -0.39 is 0 Å². The van der Waals surface area contributed by atoms with Gasteiger partial charge in [-0.15, -0.1) is 11.3 Å². The average molecular weight is 375 g/mol. The van der Waals surface area contributed by atoms with Gasteiger partial charge in [0.1, 0.15) is 11.5 Å². The SMILES string of the molecule is Cc1sc(C(c2c(O)c3c(oc2=O)CCCCCC3)C2CC2)cc1CO. The van der Waals surface area contributed by atoms with Crippen molar-refractivity contribution in [1.82, 2.24) is 0 Å². The summed E-state index contributed by atoms with van der Waals surface area (Å²) in [5.74, 6) is 1.11. The van der Waals surface area contributed by atoms with E-state index in [-0.39, 0.29) is 23.9 Å². The number of thiophene rings is 1. The number of fused-ring (bicyclic) bond motifs is 1. The molecule has 2 aliphatic rings. The highest BCUT2D eigenvalue weighted by molar-refractivity contribution is 7.12. The summed E-state index contributed by atoms with van der Waals surface area (Å²) in [6.45, 7) is 2.00. The van der Waals surface area contributed by atoms with E-state index in [0.29, 0.717) is 17.2 Å². The number of aromatic hydroxyl groups is 1. The van der Waals surface area contributed by atoms with Gasteiger partial charge in [-0.1, -0.05) is 12.8 Å². The molecule has 2 aliphatic carbocycles. The van der Waals surface area contributed by atoms with Crippen LogP contribution in [0.1, 0.15) is 76.6 Å². The normalized spacial score (nSPS) is 18.8. The summed E-state index contributed by atoms with van der Waals surface area (Å²) in [6.07, 6.45) is 7.97. The summed E-state index contributed by atoms with van der Waals surface area (Å²) in [4.78, 5) is 15.0. The van der Waals surface area contributed by atoms with Crippen LogP contribution in [0.3, 0.4) is 0 Å². The van der Waals surface area contributed by atoms with Crippen molar-refractivity contribution in [2.75, 3.05) is 0 Å². The van der Waals surface area contributed by atoms with E-state index in [1.165, 1.54) is 0 Å². The topological polar surface area (TPSA) is 70.7 Å². The van der Waals surface area contributed by atoms with E-state index >= 15 is 0 Å². The zero-order valence-electron chi connectivity index (χ0n) is 15.2. The predicted molar refractivity (Wildman–Crippen MR) is 102 cm³/mol. The zero-order valence-corrected chi connectivity index (χ0v) is 16.0. The number of aliphatic hydroxyl groups is 1. The fraction of sp³-hybridized carbons (Fsp3) is 0.571. The average Bonchev–Trinajstić information content (AvgIpc) is 3.35. The minimum atomic E-state index is -0.379. The first-order valence-corrected chi connectivity index (χ1v) is 10.5. The van der Waals surface area contributed by atoms with Crippen molar-refractivity contribution in [1.29, 1.82) is 0 Å². The van der Waals surface area contributed by atoms with E-state index in [0.717, 1.165) is 72.2 Å². The minimum Gasteiger partial charge on any atom is -0.507 e. The Morgan fingerprint density at radius 3 is 2.62 bits per heavy atom. The maximum Gasteiger partial charge on any atom is 0.343 e. The second kappa shape index (κ2) is 7.20. The number of aliphatic hydroxyl groups excluding tert-OH is 1. The van der Waals surface area contributed by atoms with Crippen LogP contribution in [-0.4, -0.2) is 10.2 Å². The Morgan fingerprint density at radius 2 is 1.96 bits per heavy atom. The van der Waals surface area contributed by atoms with Gasteiger partial charge in [-0.2, -0.15) is 0 Å². The summed E-state index contributed by atoms with van der Waals surface area (Å²) in [5, 5.41) is 20.6. The lowest BCUT2D eigenvalue weighted by Gasteiger charge is -2.20. The second-order valence-electron chi connectivity index (χ2n) is 7.67. The lowest BCUT2D eigenvalue weighted by atomic mass is 9.89. The third kappa shape index (κ3) is 3.23. The Bertz CT molecular complexity index is 860. The Kier molecular flexibility index (Phi) is 4.93. The van der Waals surface area contributed by atoms with Gasteiger partial charge in [-0.25, -0.2) is 4.79 Å². The van der Waals surface area contributed by atoms with Crippen LogP contribution in [0.5, 0.6) is 5.75 Å². The molecule has 1 unspecified atom stereocenters. The Labute approximate surface area is 157 Å². The highest BCUT2D eigenvalue weighted by atomic mass is 32.1. The first-order chi connectivity index (χ1) is 12.6. The summed E-state index contributed by atoms with van der Waals surface area (Å²) in [7, 11) is 0. The Balaban J connectivity index is 1.83. The Hall–Kier alpha value is -1.59. The standard InChI is InChI=1S/C21H26O4S/c1-12-14(11-22)10-17(26-12)18(13-8-9-13)19-20(23)15-6-4-2-3-5-7-16(15)25-21(19)24/h10,13,18,22-23H,2-9,11H2,1H3. The summed E-state index contributed by atoms with van der Waals surface area (Å²) in [6, 6.07) is 2.00. The van der Waals surface area contributed by atoms with Crippen molar-refractivity contribution in [2.24, 2.45) is 5.92 Å². The molecule has 1 atom stereocenters. The van der Waals surface area contributed by atoms with E-state index in [9.17, 15) is 15.0 Å². The third-order valence-electron chi connectivity index (χ3n) is 5.81. The molecule has 1 saturated carbocycles. The second-order valence-corrected chi connectivity index (χ2v) is 8.96. The van der Waals surface area contributed by atoms with Gasteiger partial charge in [0.15, 0.2) is 0 Å². The van der Waals surface area contributed by atoms with Crippen LogP contribution in [0.4, 0.5) is 0 Å². The van der Waals surface area contributed by atoms with Gasteiger partial charge in [0.2, 0.25) is 0 Å². The van der Waals surface area contributed by atoms with E-state index in [1.54, 1.807) is 11.3 Å². The largest absolute Gasteiger partial charge is 0.507 e. The van der Waals surface area contributed by atoms with Gasteiger partial charge in [0, 0.05) is 27.7 Å². The van der Waals surface area contributed by atoms with Gasteiger partial charge < -0.3 is 14.6 Å². The molecule has 26 heavy (non-hydrogen) atoms.